The molecule has 0 spiro atoms. The van der Waals surface area contributed by atoms with Crippen LogP contribution in [0.5, 0.6) is 0 Å². The molecule has 98 valence electrons. The van der Waals surface area contributed by atoms with Crippen molar-refractivity contribution in [2.24, 2.45) is 5.41 Å². The Morgan fingerprint density at radius 1 is 1.28 bits per heavy atom. The van der Waals surface area contributed by atoms with Gasteiger partial charge in [-0.25, -0.2) is 4.98 Å². The number of fused-ring (bicyclic) bond motifs is 1. The van der Waals surface area contributed by atoms with Gasteiger partial charge in [-0.3, -0.25) is 0 Å². The van der Waals surface area contributed by atoms with Gasteiger partial charge in [-0.1, -0.05) is 32.1 Å². The average Bonchev–Trinajstić information content (AvgIpc) is 2.68. The molecule has 0 amide bonds. The summed E-state index contributed by atoms with van der Waals surface area (Å²) in [5.41, 5.74) is 2.50. The SMILES string of the molecule is CN(C)c1nc2cc(NCC(C)(C)C)ccc2s1. The van der Waals surface area contributed by atoms with Crippen molar-refractivity contribution in [1.82, 2.24) is 4.98 Å². The van der Waals surface area contributed by atoms with E-state index in [-0.39, 0.29) is 5.41 Å². The van der Waals surface area contributed by atoms with Crippen LogP contribution >= 0.6 is 11.3 Å². The molecule has 0 saturated carbocycles. The second kappa shape index (κ2) is 4.76. The van der Waals surface area contributed by atoms with Crippen molar-refractivity contribution in [3.8, 4) is 0 Å². The zero-order valence-electron chi connectivity index (χ0n) is 11.7. The predicted molar refractivity (Wildman–Crippen MR) is 81.9 cm³/mol. The topological polar surface area (TPSA) is 28.2 Å². The fraction of sp³-hybridized carbons (Fsp3) is 0.500. The molecule has 0 fully saturated rings. The summed E-state index contributed by atoms with van der Waals surface area (Å²) in [6, 6.07) is 6.40. The number of thiazole rings is 1. The molecule has 0 unspecified atom stereocenters. The molecule has 18 heavy (non-hydrogen) atoms. The lowest BCUT2D eigenvalue weighted by molar-refractivity contribution is 0.443. The minimum Gasteiger partial charge on any atom is -0.384 e. The van der Waals surface area contributed by atoms with Gasteiger partial charge in [-0.05, 0) is 23.6 Å². The molecule has 1 N–H and O–H groups in total. The lowest BCUT2D eigenvalue weighted by Gasteiger charge is -2.19. The number of nitrogens with zero attached hydrogens (tertiary/aromatic N) is 2. The van der Waals surface area contributed by atoms with Gasteiger partial charge in [0.2, 0.25) is 0 Å². The minimum absolute atomic E-state index is 0.284. The number of rotatable bonds is 3. The molecule has 0 saturated heterocycles. The number of anilines is 2. The minimum atomic E-state index is 0.284. The Kier molecular flexibility index (Phi) is 3.48. The quantitative estimate of drug-likeness (QED) is 0.912. The van der Waals surface area contributed by atoms with Crippen molar-refractivity contribution >= 4 is 32.4 Å². The van der Waals surface area contributed by atoms with Gasteiger partial charge < -0.3 is 10.2 Å². The van der Waals surface area contributed by atoms with Crippen molar-refractivity contribution in [3.05, 3.63) is 18.2 Å². The van der Waals surface area contributed by atoms with Crippen molar-refractivity contribution in [2.45, 2.75) is 20.8 Å². The zero-order valence-corrected chi connectivity index (χ0v) is 12.6. The summed E-state index contributed by atoms with van der Waals surface area (Å²) in [4.78, 5) is 6.67. The molecule has 2 aromatic rings. The van der Waals surface area contributed by atoms with Gasteiger partial charge in [0, 0.05) is 26.3 Å². The van der Waals surface area contributed by atoms with E-state index >= 15 is 0 Å². The van der Waals surface area contributed by atoms with Crippen LogP contribution in [0, 0.1) is 5.41 Å². The first kappa shape index (κ1) is 13.1. The highest BCUT2D eigenvalue weighted by Gasteiger charge is 2.10. The van der Waals surface area contributed by atoms with Gasteiger partial charge in [-0.2, -0.15) is 0 Å². The monoisotopic (exact) mass is 263 g/mol. The number of hydrogen-bond donors (Lipinski definition) is 1. The Balaban J connectivity index is 2.21. The Bertz CT molecular complexity index is 537. The van der Waals surface area contributed by atoms with Crippen molar-refractivity contribution in [1.29, 1.82) is 0 Å². The maximum absolute atomic E-state index is 4.62. The highest BCUT2D eigenvalue weighted by atomic mass is 32.1. The summed E-state index contributed by atoms with van der Waals surface area (Å²) >= 11 is 1.72. The van der Waals surface area contributed by atoms with Crippen molar-refractivity contribution < 1.29 is 0 Å². The first-order chi connectivity index (χ1) is 8.35. The second-order valence-corrected chi connectivity index (χ2v) is 7.00. The highest BCUT2D eigenvalue weighted by Crippen LogP contribution is 2.29. The van der Waals surface area contributed by atoms with E-state index in [1.807, 2.05) is 19.0 Å². The lowest BCUT2D eigenvalue weighted by atomic mass is 9.97. The van der Waals surface area contributed by atoms with Crippen LogP contribution in [0.15, 0.2) is 18.2 Å². The smallest absolute Gasteiger partial charge is 0.185 e. The van der Waals surface area contributed by atoms with Crippen molar-refractivity contribution in [2.75, 3.05) is 30.9 Å². The van der Waals surface area contributed by atoms with E-state index in [4.69, 9.17) is 0 Å². The summed E-state index contributed by atoms with van der Waals surface area (Å²) < 4.78 is 1.24. The van der Waals surface area contributed by atoms with E-state index in [2.05, 4.69) is 49.3 Å². The fourth-order valence-corrected chi connectivity index (χ4v) is 2.45. The van der Waals surface area contributed by atoms with E-state index in [0.29, 0.717) is 0 Å². The molecule has 1 aromatic carbocycles. The van der Waals surface area contributed by atoms with E-state index < -0.39 is 0 Å². The Hall–Kier alpha value is -1.29. The summed E-state index contributed by atoms with van der Waals surface area (Å²) in [6.45, 7) is 7.64. The molecule has 0 radical (unpaired) electrons. The van der Waals surface area contributed by atoms with Gasteiger partial charge in [0.05, 0.1) is 10.2 Å². The van der Waals surface area contributed by atoms with Gasteiger partial charge in [0.1, 0.15) is 0 Å². The Morgan fingerprint density at radius 2 is 2.00 bits per heavy atom. The molecule has 1 aromatic heterocycles. The van der Waals surface area contributed by atoms with E-state index in [1.54, 1.807) is 11.3 Å². The van der Waals surface area contributed by atoms with Crippen LogP contribution in [0.4, 0.5) is 10.8 Å². The summed E-state index contributed by atoms with van der Waals surface area (Å²) in [5.74, 6) is 0. The van der Waals surface area contributed by atoms with Crippen LogP contribution in [0.3, 0.4) is 0 Å². The van der Waals surface area contributed by atoms with Gasteiger partial charge in [-0.15, -0.1) is 0 Å². The van der Waals surface area contributed by atoms with Crippen LogP contribution in [0.25, 0.3) is 10.2 Å². The molecule has 0 aliphatic rings. The van der Waals surface area contributed by atoms with Gasteiger partial charge in [0.15, 0.2) is 5.13 Å². The number of nitrogens with one attached hydrogen (secondary N) is 1. The van der Waals surface area contributed by atoms with Crippen LogP contribution in [0.1, 0.15) is 20.8 Å². The van der Waals surface area contributed by atoms with Gasteiger partial charge >= 0.3 is 0 Å². The van der Waals surface area contributed by atoms with Crippen LogP contribution < -0.4 is 10.2 Å². The van der Waals surface area contributed by atoms with Crippen molar-refractivity contribution in [3.63, 3.8) is 0 Å². The third kappa shape index (κ3) is 3.13. The van der Waals surface area contributed by atoms with Crippen LogP contribution in [-0.4, -0.2) is 25.6 Å². The molecule has 3 nitrogen and oxygen atoms in total. The molecule has 4 heteroatoms. The van der Waals surface area contributed by atoms with E-state index in [1.165, 1.54) is 4.70 Å². The number of benzene rings is 1. The third-order valence-electron chi connectivity index (χ3n) is 2.58. The van der Waals surface area contributed by atoms with E-state index in [0.717, 1.165) is 22.9 Å². The Morgan fingerprint density at radius 3 is 2.61 bits per heavy atom. The first-order valence-electron chi connectivity index (χ1n) is 6.17. The first-order valence-corrected chi connectivity index (χ1v) is 6.99. The van der Waals surface area contributed by atoms with Crippen LogP contribution in [0.2, 0.25) is 0 Å². The van der Waals surface area contributed by atoms with Gasteiger partial charge in [0.25, 0.3) is 0 Å². The molecule has 0 bridgehead atoms. The van der Waals surface area contributed by atoms with Crippen LogP contribution in [-0.2, 0) is 0 Å². The summed E-state index contributed by atoms with van der Waals surface area (Å²) in [5, 5.41) is 4.52. The largest absolute Gasteiger partial charge is 0.384 e. The highest BCUT2D eigenvalue weighted by molar-refractivity contribution is 7.22. The van der Waals surface area contributed by atoms with E-state index in [9.17, 15) is 0 Å². The molecule has 0 aliphatic carbocycles. The summed E-state index contributed by atoms with van der Waals surface area (Å²) in [7, 11) is 4.05. The third-order valence-corrected chi connectivity index (χ3v) is 3.79. The zero-order chi connectivity index (χ0) is 13.3. The fourth-order valence-electron chi connectivity index (χ4n) is 1.58. The average molecular weight is 263 g/mol. The predicted octanol–water partition coefficient (Wildman–Crippen LogP) is 3.82. The lowest BCUT2D eigenvalue weighted by Crippen LogP contribution is -2.18. The maximum atomic E-state index is 4.62. The molecule has 0 aliphatic heterocycles. The molecular formula is C14H21N3S. The molecular weight excluding hydrogens is 242 g/mol. The number of aromatic nitrogens is 1. The molecule has 1 heterocycles. The standard InChI is InChI=1S/C14H21N3S/c1-14(2,3)9-15-10-6-7-12-11(8-10)16-13(18-12)17(4)5/h6-8,15H,9H2,1-5H3. The Labute approximate surface area is 113 Å². The summed E-state index contributed by atoms with van der Waals surface area (Å²) in [6.07, 6.45) is 0. The molecule has 0 atom stereocenters. The molecule has 2 rings (SSSR count). The maximum Gasteiger partial charge on any atom is 0.185 e. The second-order valence-electron chi connectivity index (χ2n) is 5.99. The number of hydrogen-bond acceptors (Lipinski definition) is 4. The normalized spacial score (nSPS) is 11.8.